The lowest BCUT2D eigenvalue weighted by Gasteiger charge is -2.24. The van der Waals surface area contributed by atoms with E-state index in [9.17, 15) is 9.59 Å². The molecule has 0 bridgehead atoms. The SMILES string of the molecule is CC(=O)c1[nH]c(C)c(C(=O)N(C)C2Cc3ccccc3C2)c1C. The van der Waals surface area contributed by atoms with Crippen LogP contribution in [0.2, 0.25) is 0 Å². The van der Waals surface area contributed by atoms with E-state index >= 15 is 0 Å². The highest BCUT2D eigenvalue weighted by Crippen LogP contribution is 2.27. The van der Waals surface area contributed by atoms with E-state index in [1.54, 1.807) is 0 Å². The van der Waals surface area contributed by atoms with Crippen LogP contribution in [0.4, 0.5) is 0 Å². The van der Waals surface area contributed by atoms with Crippen LogP contribution < -0.4 is 0 Å². The first-order chi connectivity index (χ1) is 10.9. The van der Waals surface area contributed by atoms with E-state index in [2.05, 4.69) is 17.1 Å². The fraction of sp³-hybridized carbons (Fsp3) is 0.368. The van der Waals surface area contributed by atoms with E-state index in [4.69, 9.17) is 0 Å². The zero-order valence-corrected chi connectivity index (χ0v) is 14.1. The normalized spacial score (nSPS) is 13.9. The second kappa shape index (κ2) is 5.69. The van der Waals surface area contributed by atoms with Crippen molar-refractivity contribution in [3.63, 3.8) is 0 Å². The van der Waals surface area contributed by atoms with Crippen molar-refractivity contribution in [2.75, 3.05) is 7.05 Å². The van der Waals surface area contributed by atoms with Gasteiger partial charge in [-0.2, -0.15) is 0 Å². The molecule has 1 heterocycles. The Labute approximate surface area is 136 Å². The Morgan fingerprint density at radius 1 is 1.13 bits per heavy atom. The summed E-state index contributed by atoms with van der Waals surface area (Å²) in [7, 11) is 1.86. The summed E-state index contributed by atoms with van der Waals surface area (Å²) in [4.78, 5) is 29.5. The van der Waals surface area contributed by atoms with E-state index < -0.39 is 0 Å². The van der Waals surface area contributed by atoms with Gasteiger partial charge in [0.25, 0.3) is 5.91 Å². The minimum atomic E-state index is -0.0411. The lowest BCUT2D eigenvalue weighted by atomic mass is 10.1. The van der Waals surface area contributed by atoms with Crippen molar-refractivity contribution < 1.29 is 9.59 Å². The third-order valence-corrected chi connectivity index (χ3v) is 4.90. The number of nitrogens with one attached hydrogen (secondary N) is 1. The van der Waals surface area contributed by atoms with Gasteiger partial charge in [0, 0.05) is 25.7 Å². The monoisotopic (exact) mass is 310 g/mol. The van der Waals surface area contributed by atoms with Gasteiger partial charge in [-0.05, 0) is 43.4 Å². The van der Waals surface area contributed by atoms with Crippen LogP contribution in [-0.4, -0.2) is 34.7 Å². The predicted octanol–water partition coefficient (Wildman–Crippen LogP) is 3.07. The van der Waals surface area contributed by atoms with E-state index in [1.165, 1.54) is 18.1 Å². The second-order valence-electron chi connectivity index (χ2n) is 6.43. The highest BCUT2D eigenvalue weighted by Gasteiger charge is 2.30. The molecule has 0 atom stereocenters. The largest absolute Gasteiger partial charge is 0.355 e. The van der Waals surface area contributed by atoms with Gasteiger partial charge in [0.15, 0.2) is 5.78 Å². The number of aryl methyl sites for hydroxylation is 1. The number of rotatable bonds is 3. The van der Waals surface area contributed by atoms with Crippen molar-refractivity contribution in [2.24, 2.45) is 0 Å². The zero-order chi connectivity index (χ0) is 16.7. The van der Waals surface area contributed by atoms with E-state index in [0.717, 1.165) is 24.1 Å². The van der Waals surface area contributed by atoms with Gasteiger partial charge in [-0.1, -0.05) is 24.3 Å². The van der Waals surface area contributed by atoms with Gasteiger partial charge in [0.1, 0.15) is 0 Å². The van der Waals surface area contributed by atoms with Crippen LogP contribution in [0.3, 0.4) is 0 Å². The number of fused-ring (bicyclic) bond motifs is 1. The first-order valence-electron chi connectivity index (χ1n) is 7.94. The van der Waals surface area contributed by atoms with Crippen molar-refractivity contribution in [3.8, 4) is 0 Å². The molecule has 2 aromatic rings. The van der Waals surface area contributed by atoms with Crippen LogP contribution in [0.15, 0.2) is 24.3 Å². The quantitative estimate of drug-likeness (QED) is 0.886. The molecule has 120 valence electrons. The highest BCUT2D eigenvalue weighted by atomic mass is 16.2. The van der Waals surface area contributed by atoms with Crippen molar-refractivity contribution in [1.82, 2.24) is 9.88 Å². The number of Topliss-reactive ketones (excluding diaryl/α,β-unsaturated/α-hetero) is 1. The van der Waals surface area contributed by atoms with Crippen LogP contribution in [-0.2, 0) is 12.8 Å². The fourth-order valence-corrected chi connectivity index (χ4v) is 3.57. The first kappa shape index (κ1) is 15.5. The van der Waals surface area contributed by atoms with Crippen molar-refractivity contribution >= 4 is 11.7 Å². The number of carbonyl (C=O) groups is 2. The molecule has 0 aliphatic heterocycles. The maximum atomic E-state index is 13.0. The second-order valence-corrected chi connectivity index (χ2v) is 6.43. The number of aromatic nitrogens is 1. The van der Waals surface area contributed by atoms with Crippen molar-refractivity contribution in [2.45, 2.75) is 39.7 Å². The fourth-order valence-electron chi connectivity index (χ4n) is 3.57. The lowest BCUT2D eigenvalue weighted by Crippen LogP contribution is -2.38. The van der Waals surface area contributed by atoms with Gasteiger partial charge in [0.2, 0.25) is 0 Å². The number of ketones is 1. The number of benzene rings is 1. The number of carbonyl (C=O) groups excluding carboxylic acids is 2. The molecule has 1 amide bonds. The van der Waals surface area contributed by atoms with Gasteiger partial charge in [-0.3, -0.25) is 9.59 Å². The smallest absolute Gasteiger partial charge is 0.255 e. The van der Waals surface area contributed by atoms with Gasteiger partial charge < -0.3 is 9.88 Å². The minimum Gasteiger partial charge on any atom is -0.355 e. The molecule has 0 spiro atoms. The van der Waals surface area contributed by atoms with Crippen LogP contribution in [0.5, 0.6) is 0 Å². The molecule has 1 N–H and O–H groups in total. The Morgan fingerprint density at radius 3 is 2.17 bits per heavy atom. The van der Waals surface area contributed by atoms with Crippen LogP contribution in [0.25, 0.3) is 0 Å². The lowest BCUT2D eigenvalue weighted by molar-refractivity contribution is 0.0736. The zero-order valence-electron chi connectivity index (χ0n) is 14.1. The van der Waals surface area contributed by atoms with Crippen LogP contribution in [0.1, 0.15) is 50.2 Å². The van der Waals surface area contributed by atoms with Gasteiger partial charge in [-0.25, -0.2) is 0 Å². The van der Waals surface area contributed by atoms with E-state index in [-0.39, 0.29) is 17.7 Å². The predicted molar refractivity (Wildman–Crippen MR) is 90.0 cm³/mol. The highest BCUT2D eigenvalue weighted by molar-refractivity contribution is 6.02. The van der Waals surface area contributed by atoms with Crippen LogP contribution >= 0.6 is 0 Å². The van der Waals surface area contributed by atoms with Gasteiger partial charge in [0.05, 0.1) is 11.3 Å². The average molecular weight is 310 g/mol. The summed E-state index contributed by atoms with van der Waals surface area (Å²) in [6.45, 7) is 5.21. The summed E-state index contributed by atoms with van der Waals surface area (Å²) in [6.07, 6.45) is 1.78. The molecular formula is C19H22N2O2. The first-order valence-corrected chi connectivity index (χ1v) is 7.94. The molecule has 0 saturated carbocycles. The summed E-state index contributed by atoms with van der Waals surface area (Å²) >= 11 is 0. The Hall–Kier alpha value is -2.36. The Morgan fingerprint density at radius 2 is 1.70 bits per heavy atom. The Kier molecular flexibility index (Phi) is 3.84. The standard InChI is InChI=1S/C19H22N2O2/c1-11-17(12(2)20-18(11)13(3)22)19(23)21(4)16-9-14-7-5-6-8-15(14)10-16/h5-8,16,20H,9-10H2,1-4H3. The van der Waals surface area contributed by atoms with E-state index in [0.29, 0.717) is 11.3 Å². The number of nitrogens with zero attached hydrogens (tertiary/aromatic N) is 1. The number of likely N-dealkylation sites (N-methyl/N-ethyl adjacent to an activating group) is 1. The number of hydrogen-bond donors (Lipinski definition) is 1. The summed E-state index contributed by atoms with van der Waals surface area (Å²) in [5.41, 5.74) is 5.33. The molecule has 0 radical (unpaired) electrons. The van der Waals surface area contributed by atoms with Crippen LogP contribution in [0, 0.1) is 13.8 Å². The minimum absolute atomic E-state index is 0.0124. The molecule has 0 unspecified atom stereocenters. The Balaban J connectivity index is 1.86. The number of hydrogen-bond acceptors (Lipinski definition) is 2. The number of amides is 1. The topological polar surface area (TPSA) is 53.2 Å². The molecule has 0 saturated heterocycles. The molecule has 0 fully saturated rings. The van der Waals surface area contributed by atoms with Crippen molar-refractivity contribution in [1.29, 1.82) is 0 Å². The number of H-pyrrole nitrogens is 1. The molecule has 3 rings (SSSR count). The molecular weight excluding hydrogens is 288 g/mol. The van der Waals surface area contributed by atoms with Gasteiger partial charge >= 0.3 is 0 Å². The molecule has 4 nitrogen and oxygen atoms in total. The third-order valence-electron chi connectivity index (χ3n) is 4.90. The van der Waals surface area contributed by atoms with Crippen molar-refractivity contribution in [3.05, 3.63) is 57.9 Å². The molecule has 4 heteroatoms. The molecule has 1 aromatic carbocycles. The van der Waals surface area contributed by atoms with Gasteiger partial charge in [-0.15, -0.1) is 0 Å². The Bertz CT molecular complexity index is 764. The summed E-state index contributed by atoms with van der Waals surface area (Å²) in [5.74, 6) is -0.0536. The molecule has 1 aromatic heterocycles. The maximum Gasteiger partial charge on any atom is 0.255 e. The third kappa shape index (κ3) is 2.58. The molecule has 23 heavy (non-hydrogen) atoms. The summed E-state index contributed by atoms with van der Waals surface area (Å²) in [6, 6.07) is 8.53. The average Bonchev–Trinajstić information content (AvgIpc) is 3.07. The number of aromatic amines is 1. The summed E-state index contributed by atoms with van der Waals surface area (Å²) < 4.78 is 0. The molecule has 1 aliphatic rings. The summed E-state index contributed by atoms with van der Waals surface area (Å²) in [5, 5.41) is 0. The molecule has 1 aliphatic carbocycles. The maximum absolute atomic E-state index is 13.0. The van der Waals surface area contributed by atoms with E-state index in [1.807, 2.05) is 37.9 Å².